The number of hydrogen-bond donors (Lipinski definition) is 0. The Balaban J connectivity index is 1.92. The molecule has 3 aromatic rings. The maximum absolute atomic E-state index is 4.32. The zero-order chi connectivity index (χ0) is 16.7. The summed E-state index contributed by atoms with van der Waals surface area (Å²) >= 11 is -2.62. The molecule has 0 heterocycles. The zero-order valence-electron chi connectivity index (χ0n) is 14.1. The second kappa shape index (κ2) is 8.34. The molecule has 0 saturated heterocycles. The zero-order valence-corrected chi connectivity index (χ0v) is 16.9. The minimum atomic E-state index is -2.62. The van der Waals surface area contributed by atoms with Gasteiger partial charge in [-0.3, -0.25) is 0 Å². The molecule has 3 aromatic carbocycles. The van der Waals surface area contributed by atoms with E-state index >= 15 is 0 Å². The van der Waals surface area contributed by atoms with Gasteiger partial charge in [0.25, 0.3) is 0 Å². The summed E-state index contributed by atoms with van der Waals surface area (Å²) in [6, 6.07) is 32.8. The predicted molar refractivity (Wildman–Crippen MR) is 106 cm³/mol. The predicted octanol–water partition coefficient (Wildman–Crippen LogP) is 5.51. The second-order valence-corrected chi connectivity index (χ2v) is 18.5. The van der Waals surface area contributed by atoms with Crippen LogP contribution in [0.1, 0.15) is 16.7 Å². The molecule has 0 radical (unpaired) electrons. The molecule has 0 amide bonds. The molecule has 0 fully saturated rings. The van der Waals surface area contributed by atoms with Crippen molar-refractivity contribution in [1.82, 2.24) is 0 Å². The molecule has 24 heavy (non-hydrogen) atoms. The van der Waals surface area contributed by atoms with E-state index in [0.717, 1.165) is 0 Å². The Hall–Kier alpha value is -1.80. The van der Waals surface area contributed by atoms with E-state index in [0.29, 0.717) is 0 Å². The fourth-order valence-electron chi connectivity index (χ4n) is 3.41. The summed E-state index contributed by atoms with van der Waals surface area (Å²) < 4.78 is 6.01. The van der Waals surface area contributed by atoms with Crippen molar-refractivity contribution in [3.63, 3.8) is 0 Å². The van der Waals surface area contributed by atoms with Gasteiger partial charge in [-0.05, 0) is 0 Å². The Morgan fingerprint density at radius 3 is 1.08 bits per heavy atom. The van der Waals surface area contributed by atoms with E-state index < -0.39 is 18.4 Å². The van der Waals surface area contributed by atoms with E-state index in [4.69, 9.17) is 0 Å². The fourth-order valence-corrected chi connectivity index (χ4v) is 14.7. The molecule has 0 unspecified atom stereocenters. The van der Waals surface area contributed by atoms with E-state index in [1.807, 2.05) is 0 Å². The maximum atomic E-state index is 4.32. The van der Waals surface area contributed by atoms with Gasteiger partial charge in [-0.25, -0.2) is 0 Å². The van der Waals surface area contributed by atoms with Crippen molar-refractivity contribution in [2.24, 2.45) is 0 Å². The van der Waals surface area contributed by atoms with Crippen LogP contribution in [0.15, 0.2) is 102 Å². The number of rotatable bonds is 7. The number of benzene rings is 3. The van der Waals surface area contributed by atoms with Gasteiger partial charge in [0.1, 0.15) is 0 Å². The normalized spacial score (nSPS) is 11.2. The van der Waals surface area contributed by atoms with Crippen LogP contribution in [-0.4, -0.2) is 18.4 Å². The molecule has 1 heteroatoms. The van der Waals surface area contributed by atoms with Crippen molar-refractivity contribution in [2.45, 2.75) is 13.3 Å². The molecular weight excluding hydrogens is 395 g/mol. The third-order valence-corrected chi connectivity index (χ3v) is 16.6. The van der Waals surface area contributed by atoms with Gasteiger partial charge in [-0.1, -0.05) is 0 Å². The second-order valence-electron chi connectivity index (χ2n) is 6.55. The van der Waals surface area contributed by atoms with Crippen molar-refractivity contribution in [3.05, 3.63) is 118 Å². The van der Waals surface area contributed by atoms with Crippen LogP contribution in [-0.2, 0) is 13.3 Å². The molecule has 0 saturated carbocycles. The third kappa shape index (κ3) is 4.61. The fraction of sp³-hybridized carbons (Fsp3) is 0.130. The van der Waals surface area contributed by atoms with Crippen LogP contribution in [0, 0.1) is 0 Å². The molecule has 0 aliphatic heterocycles. The average Bonchev–Trinajstić information content (AvgIpc) is 2.64. The summed E-state index contributed by atoms with van der Waals surface area (Å²) in [5, 5.41) is 0. The summed E-state index contributed by atoms with van der Waals surface area (Å²) in [6.07, 6.45) is 0. The minimum absolute atomic E-state index is 1.21. The molecule has 0 aromatic heterocycles. The molecule has 0 aliphatic rings. The Kier molecular flexibility index (Phi) is 5.92. The van der Waals surface area contributed by atoms with Crippen LogP contribution in [0.3, 0.4) is 0 Å². The SMILES string of the molecule is C=[CH][Sn]([CH2]c1ccccc1)([CH2]c1ccccc1)[CH2]c1ccccc1. The summed E-state index contributed by atoms with van der Waals surface area (Å²) in [4.78, 5) is 0. The average molecular weight is 419 g/mol. The van der Waals surface area contributed by atoms with E-state index in [1.165, 1.54) is 30.0 Å². The molecule has 0 atom stereocenters. The molecule has 0 N–H and O–H groups in total. The van der Waals surface area contributed by atoms with Crippen molar-refractivity contribution in [1.29, 1.82) is 0 Å². The first-order valence-corrected chi connectivity index (χ1v) is 16.3. The van der Waals surface area contributed by atoms with Crippen molar-refractivity contribution in [2.75, 3.05) is 0 Å². The molecule has 120 valence electrons. The number of hydrogen-bond acceptors (Lipinski definition) is 0. The first kappa shape index (κ1) is 17.0. The van der Waals surface area contributed by atoms with Crippen molar-refractivity contribution in [3.8, 4) is 0 Å². The van der Waals surface area contributed by atoms with Crippen LogP contribution in [0.4, 0.5) is 0 Å². The van der Waals surface area contributed by atoms with Gasteiger partial charge < -0.3 is 0 Å². The van der Waals surface area contributed by atoms with E-state index in [2.05, 4.69) is 102 Å². The topological polar surface area (TPSA) is 0 Å². The first-order valence-electron chi connectivity index (χ1n) is 8.55. The Labute approximate surface area is 149 Å². The summed E-state index contributed by atoms with van der Waals surface area (Å²) in [7, 11) is 0. The first-order chi connectivity index (χ1) is 11.8. The molecule has 0 aliphatic carbocycles. The molecule has 0 spiro atoms. The van der Waals surface area contributed by atoms with Gasteiger partial charge in [0.05, 0.1) is 0 Å². The summed E-state index contributed by atoms with van der Waals surface area (Å²) in [5.74, 6) is 0. The monoisotopic (exact) mass is 420 g/mol. The van der Waals surface area contributed by atoms with Gasteiger partial charge in [-0.15, -0.1) is 0 Å². The molecule has 0 bridgehead atoms. The summed E-state index contributed by atoms with van der Waals surface area (Å²) in [5.41, 5.74) is 4.38. The van der Waals surface area contributed by atoms with Gasteiger partial charge in [0.15, 0.2) is 0 Å². The molecule has 0 nitrogen and oxygen atoms in total. The quantitative estimate of drug-likeness (QED) is 0.444. The van der Waals surface area contributed by atoms with Gasteiger partial charge >= 0.3 is 150 Å². The van der Waals surface area contributed by atoms with Crippen molar-refractivity contribution >= 4 is 18.4 Å². The molecular formula is C23H24Sn. The Bertz CT molecular complexity index is 646. The Morgan fingerprint density at radius 2 is 0.833 bits per heavy atom. The van der Waals surface area contributed by atoms with Gasteiger partial charge in [0, 0.05) is 0 Å². The van der Waals surface area contributed by atoms with Crippen molar-refractivity contribution < 1.29 is 0 Å². The van der Waals surface area contributed by atoms with Crippen LogP contribution in [0.5, 0.6) is 0 Å². The third-order valence-electron chi connectivity index (χ3n) is 4.63. The van der Waals surface area contributed by atoms with Gasteiger partial charge in [0.2, 0.25) is 0 Å². The van der Waals surface area contributed by atoms with E-state index in [1.54, 1.807) is 0 Å². The van der Waals surface area contributed by atoms with E-state index in [9.17, 15) is 0 Å². The van der Waals surface area contributed by atoms with Crippen LogP contribution in [0.2, 0.25) is 0 Å². The van der Waals surface area contributed by atoms with Gasteiger partial charge in [-0.2, -0.15) is 0 Å². The van der Waals surface area contributed by atoms with Crippen LogP contribution in [0.25, 0.3) is 0 Å². The van der Waals surface area contributed by atoms with E-state index in [-0.39, 0.29) is 0 Å². The standard InChI is InChI=1S/3C7H7.C2H3.Sn/c3*1-7-5-3-2-4-6-7;1-2;/h3*2-6H,1H2;1H,2H2;. The van der Waals surface area contributed by atoms with Crippen LogP contribution < -0.4 is 0 Å². The van der Waals surface area contributed by atoms with Crippen LogP contribution >= 0.6 is 0 Å². The molecule has 3 rings (SSSR count). The Morgan fingerprint density at radius 1 is 0.542 bits per heavy atom. The summed E-state index contributed by atoms with van der Waals surface area (Å²) in [6.45, 7) is 4.32.